The molecule has 0 aliphatic carbocycles. The van der Waals surface area contributed by atoms with Crippen molar-refractivity contribution in [2.75, 3.05) is 26.7 Å². The number of nitrogens with zero attached hydrogens (tertiary/aromatic N) is 1. The van der Waals surface area contributed by atoms with E-state index in [1.165, 1.54) is 37.3 Å². The molecule has 2 N–H and O–H groups in total. The number of hydrogen-bond acceptors (Lipinski definition) is 2. The van der Waals surface area contributed by atoms with E-state index in [-0.39, 0.29) is 0 Å². The highest BCUT2D eigenvalue weighted by Gasteiger charge is 2.22. The normalized spacial score (nSPS) is 26.9. The van der Waals surface area contributed by atoms with E-state index >= 15 is 0 Å². The lowest BCUT2D eigenvalue weighted by Crippen LogP contribution is -2.25. The minimum absolute atomic E-state index is 0.723. The summed E-state index contributed by atoms with van der Waals surface area (Å²) in [5.74, 6) is 0.723. The molecule has 3 rings (SSSR count). The van der Waals surface area contributed by atoms with Gasteiger partial charge in [-0.1, -0.05) is 0 Å². The minimum atomic E-state index is 0.723. The predicted octanol–water partition coefficient (Wildman–Crippen LogP) is 1.08. The second-order valence-electron chi connectivity index (χ2n) is 4.91. The van der Waals surface area contributed by atoms with Gasteiger partial charge < -0.3 is 15.2 Å². The number of aromatic nitrogens is 1. The smallest absolute Gasteiger partial charge is 0.0385 e. The Morgan fingerprint density at radius 3 is 3.20 bits per heavy atom. The Bertz CT molecular complexity index is 350. The maximum absolute atomic E-state index is 3.62. The third kappa shape index (κ3) is 1.70. The molecule has 0 aromatic carbocycles. The maximum Gasteiger partial charge on any atom is 0.0385 e. The second kappa shape index (κ2) is 3.65. The molecular weight excluding hydrogens is 186 g/mol. The maximum atomic E-state index is 3.62. The van der Waals surface area contributed by atoms with E-state index in [0.29, 0.717) is 0 Å². The Morgan fingerprint density at radius 2 is 2.40 bits per heavy atom. The van der Waals surface area contributed by atoms with E-state index < -0.39 is 0 Å². The SMILES string of the molecule is CN1CCc2cc(C3CCNC3)[nH]c2C1. The van der Waals surface area contributed by atoms with Gasteiger partial charge in [-0.3, -0.25) is 0 Å². The molecule has 1 saturated heterocycles. The highest BCUT2D eigenvalue weighted by Crippen LogP contribution is 2.26. The summed E-state index contributed by atoms with van der Waals surface area (Å²) in [5, 5.41) is 3.43. The van der Waals surface area contributed by atoms with Gasteiger partial charge >= 0.3 is 0 Å². The van der Waals surface area contributed by atoms with Gasteiger partial charge in [0.1, 0.15) is 0 Å². The van der Waals surface area contributed by atoms with E-state index in [1.807, 2.05) is 0 Å². The first-order valence-electron chi connectivity index (χ1n) is 5.93. The topological polar surface area (TPSA) is 31.1 Å². The van der Waals surface area contributed by atoms with Crippen molar-refractivity contribution >= 4 is 0 Å². The summed E-state index contributed by atoms with van der Waals surface area (Å²) in [6, 6.07) is 2.40. The molecule has 1 fully saturated rings. The Kier molecular flexibility index (Phi) is 2.29. The fourth-order valence-electron chi connectivity index (χ4n) is 2.73. The number of H-pyrrole nitrogens is 1. The Hall–Kier alpha value is -0.800. The van der Waals surface area contributed by atoms with Crippen molar-refractivity contribution in [3.63, 3.8) is 0 Å². The van der Waals surface area contributed by atoms with Crippen molar-refractivity contribution in [3.05, 3.63) is 23.0 Å². The molecule has 2 aliphatic heterocycles. The molecule has 1 atom stereocenters. The van der Waals surface area contributed by atoms with Crippen LogP contribution in [0.15, 0.2) is 6.07 Å². The zero-order chi connectivity index (χ0) is 10.3. The summed E-state index contributed by atoms with van der Waals surface area (Å²) in [6.45, 7) is 4.62. The summed E-state index contributed by atoms with van der Waals surface area (Å²) in [4.78, 5) is 6.01. The standard InChI is InChI=1S/C12H19N3/c1-15-5-3-9-6-11(14-12(9)8-15)10-2-4-13-7-10/h6,10,13-14H,2-5,7-8H2,1H3. The third-order valence-electron chi connectivity index (χ3n) is 3.70. The van der Waals surface area contributed by atoms with Crippen molar-refractivity contribution in [1.29, 1.82) is 0 Å². The van der Waals surface area contributed by atoms with Gasteiger partial charge in [0.05, 0.1) is 0 Å². The van der Waals surface area contributed by atoms with Gasteiger partial charge in [0.15, 0.2) is 0 Å². The first-order chi connectivity index (χ1) is 7.33. The summed E-state index contributed by atoms with van der Waals surface area (Å²) < 4.78 is 0. The molecule has 15 heavy (non-hydrogen) atoms. The van der Waals surface area contributed by atoms with E-state index in [4.69, 9.17) is 0 Å². The number of hydrogen-bond donors (Lipinski definition) is 2. The van der Waals surface area contributed by atoms with E-state index in [2.05, 4.69) is 28.3 Å². The average Bonchev–Trinajstić information content (AvgIpc) is 2.84. The van der Waals surface area contributed by atoms with Crippen molar-refractivity contribution in [1.82, 2.24) is 15.2 Å². The van der Waals surface area contributed by atoms with Crippen molar-refractivity contribution in [2.24, 2.45) is 0 Å². The molecule has 1 unspecified atom stereocenters. The minimum Gasteiger partial charge on any atom is -0.361 e. The fraction of sp³-hybridized carbons (Fsp3) is 0.667. The molecule has 1 aromatic heterocycles. The Labute approximate surface area is 90.9 Å². The van der Waals surface area contributed by atoms with Crippen molar-refractivity contribution in [2.45, 2.75) is 25.3 Å². The summed E-state index contributed by atoms with van der Waals surface area (Å²) in [6.07, 6.45) is 2.50. The molecule has 0 amide bonds. The van der Waals surface area contributed by atoms with Crippen LogP contribution in [0.1, 0.15) is 29.3 Å². The molecule has 3 heteroatoms. The van der Waals surface area contributed by atoms with Gasteiger partial charge in [-0.25, -0.2) is 0 Å². The quantitative estimate of drug-likeness (QED) is 0.719. The molecular formula is C12H19N3. The monoisotopic (exact) mass is 205 g/mol. The largest absolute Gasteiger partial charge is 0.361 e. The molecule has 2 aliphatic rings. The van der Waals surface area contributed by atoms with Gasteiger partial charge in [-0.05, 0) is 38.1 Å². The Morgan fingerprint density at radius 1 is 1.47 bits per heavy atom. The van der Waals surface area contributed by atoms with Gasteiger partial charge in [-0.15, -0.1) is 0 Å². The number of rotatable bonds is 1. The second-order valence-corrected chi connectivity index (χ2v) is 4.91. The van der Waals surface area contributed by atoms with Crippen LogP contribution in [0.3, 0.4) is 0 Å². The van der Waals surface area contributed by atoms with Gasteiger partial charge in [0.2, 0.25) is 0 Å². The van der Waals surface area contributed by atoms with Crippen LogP contribution in [-0.4, -0.2) is 36.6 Å². The van der Waals surface area contributed by atoms with Crippen LogP contribution >= 0.6 is 0 Å². The van der Waals surface area contributed by atoms with Crippen LogP contribution in [0.25, 0.3) is 0 Å². The molecule has 82 valence electrons. The third-order valence-corrected chi connectivity index (χ3v) is 3.70. The summed E-state index contributed by atoms with van der Waals surface area (Å²) in [7, 11) is 2.20. The van der Waals surface area contributed by atoms with Crippen LogP contribution < -0.4 is 5.32 Å². The first kappa shape index (κ1) is 9.43. The van der Waals surface area contributed by atoms with Crippen LogP contribution in [0, 0.1) is 0 Å². The fourth-order valence-corrected chi connectivity index (χ4v) is 2.73. The van der Waals surface area contributed by atoms with E-state index in [1.54, 1.807) is 5.56 Å². The zero-order valence-corrected chi connectivity index (χ0v) is 9.34. The number of likely N-dealkylation sites (N-methyl/N-ethyl adjacent to an activating group) is 1. The average molecular weight is 205 g/mol. The van der Waals surface area contributed by atoms with Crippen LogP contribution in [0.2, 0.25) is 0 Å². The molecule has 1 aromatic rings. The van der Waals surface area contributed by atoms with Gasteiger partial charge in [0, 0.05) is 36.9 Å². The van der Waals surface area contributed by atoms with Gasteiger partial charge in [-0.2, -0.15) is 0 Å². The van der Waals surface area contributed by atoms with Crippen LogP contribution in [0.4, 0.5) is 0 Å². The lowest BCUT2D eigenvalue weighted by atomic mass is 10.0. The lowest BCUT2D eigenvalue weighted by Gasteiger charge is -2.21. The van der Waals surface area contributed by atoms with Crippen molar-refractivity contribution < 1.29 is 0 Å². The molecule has 0 radical (unpaired) electrons. The molecule has 0 bridgehead atoms. The number of nitrogens with one attached hydrogen (secondary N) is 2. The molecule has 3 heterocycles. The number of aromatic amines is 1. The van der Waals surface area contributed by atoms with Gasteiger partial charge in [0.25, 0.3) is 0 Å². The first-order valence-corrected chi connectivity index (χ1v) is 5.93. The summed E-state index contributed by atoms with van der Waals surface area (Å²) in [5.41, 5.74) is 4.46. The predicted molar refractivity (Wildman–Crippen MR) is 61.1 cm³/mol. The van der Waals surface area contributed by atoms with Crippen LogP contribution in [-0.2, 0) is 13.0 Å². The van der Waals surface area contributed by atoms with E-state index in [0.717, 1.165) is 19.0 Å². The molecule has 3 nitrogen and oxygen atoms in total. The Balaban J connectivity index is 1.85. The van der Waals surface area contributed by atoms with Crippen LogP contribution in [0.5, 0.6) is 0 Å². The van der Waals surface area contributed by atoms with Crippen molar-refractivity contribution in [3.8, 4) is 0 Å². The highest BCUT2D eigenvalue weighted by molar-refractivity contribution is 5.30. The highest BCUT2D eigenvalue weighted by atomic mass is 15.1. The number of fused-ring (bicyclic) bond motifs is 1. The molecule has 0 spiro atoms. The lowest BCUT2D eigenvalue weighted by molar-refractivity contribution is 0.309. The zero-order valence-electron chi connectivity index (χ0n) is 9.34. The van der Waals surface area contributed by atoms with E-state index in [9.17, 15) is 0 Å². The summed E-state index contributed by atoms with van der Waals surface area (Å²) >= 11 is 0. The molecule has 0 saturated carbocycles.